The number of anilines is 1. The number of rotatable bonds is 5. The second-order valence-electron chi connectivity index (χ2n) is 3.41. The van der Waals surface area contributed by atoms with Crippen LogP contribution in [-0.2, 0) is 4.74 Å². The van der Waals surface area contributed by atoms with E-state index in [1.54, 1.807) is 0 Å². The number of carboxylic acids is 1. The molecule has 0 fully saturated rings. The van der Waals surface area contributed by atoms with Gasteiger partial charge in [-0.3, -0.25) is 0 Å². The Morgan fingerprint density at radius 2 is 2.11 bits per heavy atom. The third kappa shape index (κ3) is 3.95. The number of amides is 2. The SMILES string of the molecule is COCCNC(=O)Nc1ccc(O)cc1C(=O)O. The number of nitrogens with one attached hydrogen (secondary N) is 2. The second-order valence-corrected chi connectivity index (χ2v) is 3.41. The van der Waals surface area contributed by atoms with E-state index in [2.05, 4.69) is 10.6 Å². The van der Waals surface area contributed by atoms with Gasteiger partial charge in [0.1, 0.15) is 5.75 Å². The number of aromatic hydroxyl groups is 1. The molecular formula is C11H14N2O5. The van der Waals surface area contributed by atoms with Crippen molar-refractivity contribution in [3.63, 3.8) is 0 Å². The molecule has 0 saturated heterocycles. The molecule has 98 valence electrons. The van der Waals surface area contributed by atoms with Gasteiger partial charge in [-0.25, -0.2) is 9.59 Å². The molecule has 7 heteroatoms. The van der Waals surface area contributed by atoms with Crippen LogP contribution in [0.5, 0.6) is 5.75 Å². The van der Waals surface area contributed by atoms with Crippen LogP contribution in [0.15, 0.2) is 18.2 Å². The van der Waals surface area contributed by atoms with Crippen molar-refractivity contribution < 1.29 is 24.5 Å². The van der Waals surface area contributed by atoms with Gasteiger partial charge in [0, 0.05) is 13.7 Å². The van der Waals surface area contributed by atoms with Gasteiger partial charge in [0.2, 0.25) is 0 Å². The van der Waals surface area contributed by atoms with Crippen LogP contribution in [0.3, 0.4) is 0 Å². The van der Waals surface area contributed by atoms with Gasteiger partial charge in [0.05, 0.1) is 17.9 Å². The van der Waals surface area contributed by atoms with Crippen LogP contribution in [0, 0.1) is 0 Å². The Hall–Kier alpha value is -2.28. The molecule has 0 aromatic heterocycles. The fourth-order valence-electron chi connectivity index (χ4n) is 1.25. The number of hydrogen-bond acceptors (Lipinski definition) is 4. The molecule has 4 N–H and O–H groups in total. The van der Waals surface area contributed by atoms with E-state index in [-0.39, 0.29) is 17.0 Å². The minimum atomic E-state index is -1.24. The molecule has 1 aromatic rings. The van der Waals surface area contributed by atoms with Crippen LogP contribution in [0.1, 0.15) is 10.4 Å². The number of methoxy groups -OCH3 is 1. The first kappa shape index (κ1) is 13.8. The highest BCUT2D eigenvalue weighted by Gasteiger charge is 2.12. The average molecular weight is 254 g/mol. The van der Waals surface area contributed by atoms with E-state index in [0.717, 1.165) is 6.07 Å². The molecule has 0 atom stereocenters. The van der Waals surface area contributed by atoms with Crippen molar-refractivity contribution in [1.82, 2.24) is 5.32 Å². The Morgan fingerprint density at radius 3 is 2.72 bits per heavy atom. The largest absolute Gasteiger partial charge is 0.508 e. The highest BCUT2D eigenvalue weighted by Crippen LogP contribution is 2.21. The number of benzene rings is 1. The summed E-state index contributed by atoms with van der Waals surface area (Å²) >= 11 is 0. The van der Waals surface area contributed by atoms with E-state index in [1.807, 2.05) is 0 Å². The van der Waals surface area contributed by atoms with E-state index >= 15 is 0 Å². The third-order valence-corrected chi connectivity index (χ3v) is 2.07. The van der Waals surface area contributed by atoms with Crippen molar-refractivity contribution in [2.75, 3.05) is 25.6 Å². The van der Waals surface area contributed by atoms with E-state index in [1.165, 1.54) is 19.2 Å². The highest BCUT2D eigenvalue weighted by molar-refractivity contribution is 6.00. The van der Waals surface area contributed by atoms with E-state index in [9.17, 15) is 14.7 Å². The van der Waals surface area contributed by atoms with Crippen LogP contribution >= 0.6 is 0 Å². The minimum Gasteiger partial charge on any atom is -0.508 e. The number of carbonyl (C=O) groups is 2. The summed E-state index contributed by atoms with van der Waals surface area (Å²) in [4.78, 5) is 22.3. The third-order valence-electron chi connectivity index (χ3n) is 2.07. The molecule has 0 aliphatic rings. The monoisotopic (exact) mass is 254 g/mol. The van der Waals surface area contributed by atoms with Crippen molar-refractivity contribution in [3.8, 4) is 5.75 Å². The molecule has 0 saturated carbocycles. The van der Waals surface area contributed by atoms with Gasteiger partial charge in [-0.15, -0.1) is 0 Å². The number of aromatic carboxylic acids is 1. The van der Waals surface area contributed by atoms with Crippen molar-refractivity contribution in [3.05, 3.63) is 23.8 Å². The lowest BCUT2D eigenvalue weighted by Gasteiger charge is -2.09. The van der Waals surface area contributed by atoms with Crippen molar-refractivity contribution >= 4 is 17.7 Å². The number of carboxylic acid groups (broad SMARTS) is 1. The number of urea groups is 1. The molecule has 0 aliphatic carbocycles. The van der Waals surface area contributed by atoms with Gasteiger partial charge in [0.25, 0.3) is 0 Å². The average Bonchev–Trinajstić information content (AvgIpc) is 2.31. The molecule has 0 aliphatic heterocycles. The molecule has 0 radical (unpaired) electrons. The van der Waals surface area contributed by atoms with Gasteiger partial charge < -0.3 is 25.6 Å². The Labute approximate surface area is 103 Å². The zero-order valence-electron chi connectivity index (χ0n) is 9.77. The molecule has 1 rings (SSSR count). The lowest BCUT2D eigenvalue weighted by Crippen LogP contribution is -2.31. The number of phenolic OH excluding ortho intramolecular Hbond substituents is 1. The maximum absolute atomic E-state index is 11.4. The van der Waals surface area contributed by atoms with Crippen molar-refractivity contribution in [2.24, 2.45) is 0 Å². The predicted octanol–water partition coefficient (Wildman–Crippen LogP) is 0.858. The summed E-state index contributed by atoms with van der Waals surface area (Å²) < 4.78 is 4.75. The Morgan fingerprint density at radius 1 is 1.39 bits per heavy atom. The maximum atomic E-state index is 11.4. The van der Waals surface area contributed by atoms with Gasteiger partial charge in [-0.2, -0.15) is 0 Å². The fourth-order valence-corrected chi connectivity index (χ4v) is 1.25. The first-order chi connectivity index (χ1) is 8.54. The normalized spacial score (nSPS) is 9.83. The molecule has 7 nitrogen and oxygen atoms in total. The van der Waals surface area contributed by atoms with E-state index in [4.69, 9.17) is 9.84 Å². The fraction of sp³-hybridized carbons (Fsp3) is 0.273. The smallest absolute Gasteiger partial charge is 0.337 e. The van der Waals surface area contributed by atoms with Gasteiger partial charge in [-0.1, -0.05) is 0 Å². The first-order valence-corrected chi connectivity index (χ1v) is 5.14. The second kappa shape index (κ2) is 6.45. The summed E-state index contributed by atoms with van der Waals surface area (Å²) in [5.74, 6) is -1.42. The zero-order chi connectivity index (χ0) is 13.5. The standard InChI is InChI=1S/C11H14N2O5/c1-18-5-4-12-11(17)13-9-3-2-7(14)6-8(9)10(15)16/h2-3,6,14H,4-5H2,1H3,(H,15,16)(H2,12,13,17). The number of phenols is 1. The quantitative estimate of drug-likeness (QED) is 0.460. The first-order valence-electron chi connectivity index (χ1n) is 5.14. The van der Waals surface area contributed by atoms with Crippen LogP contribution in [0.2, 0.25) is 0 Å². The summed E-state index contributed by atoms with van der Waals surface area (Å²) in [5, 5.41) is 23.0. The summed E-state index contributed by atoms with van der Waals surface area (Å²) in [6, 6.07) is 3.12. The molecular weight excluding hydrogens is 240 g/mol. The minimum absolute atomic E-state index is 0.107. The molecule has 0 heterocycles. The number of carbonyl (C=O) groups excluding carboxylic acids is 1. The van der Waals surface area contributed by atoms with E-state index < -0.39 is 12.0 Å². The maximum Gasteiger partial charge on any atom is 0.337 e. The van der Waals surface area contributed by atoms with Crippen LogP contribution < -0.4 is 10.6 Å². The molecule has 18 heavy (non-hydrogen) atoms. The topological polar surface area (TPSA) is 108 Å². The van der Waals surface area contributed by atoms with E-state index in [0.29, 0.717) is 13.2 Å². The predicted molar refractivity (Wildman–Crippen MR) is 64.0 cm³/mol. The lowest BCUT2D eigenvalue weighted by molar-refractivity contribution is 0.0697. The molecule has 0 bridgehead atoms. The van der Waals surface area contributed by atoms with Gasteiger partial charge in [0.15, 0.2) is 0 Å². The molecule has 0 unspecified atom stereocenters. The van der Waals surface area contributed by atoms with Crippen LogP contribution in [0.25, 0.3) is 0 Å². The van der Waals surface area contributed by atoms with Gasteiger partial charge >= 0.3 is 12.0 Å². The van der Waals surface area contributed by atoms with Crippen LogP contribution in [0.4, 0.5) is 10.5 Å². The van der Waals surface area contributed by atoms with Crippen molar-refractivity contribution in [1.29, 1.82) is 0 Å². The highest BCUT2D eigenvalue weighted by atomic mass is 16.5. The molecule has 0 spiro atoms. The number of hydrogen-bond donors (Lipinski definition) is 4. The summed E-state index contributed by atoms with van der Waals surface area (Å²) in [6.07, 6.45) is 0. The Kier molecular flexibility index (Phi) is 4.94. The summed E-state index contributed by atoms with van der Waals surface area (Å²) in [6.45, 7) is 0.664. The van der Waals surface area contributed by atoms with Crippen molar-refractivity contribution in [2.45, 2.75) is 0 Å². The summed E-state index contributed by atoms with van der Waals surface area (Å²) in [7, 11) is 1.50. The van der Waals surface area contributed by atoms with Gasteiger partial charge in [-0.05, 0) is 18.2 Å². The lowest BCUT2D eigenvalue weighted by atomic mass is 10.1. The number of ether oxygens (including phenoxy) is 1. The zero-order valence-corrected chi connectivity index (χ0v) is 9.77. The van der Waals surface area contributed by atoms with Crippen LogP contribution in [-0.4, -0.2) is 42.5 Å². The molecule has 2 amide bonds. The summed E-state index contributed by atoms with van der Waals surface area (Å²) in [5.41, 5.74) is -0.0768. The molecule has 1 aromatic carbocycles. The Bertz CT molecular complexity index is 447. The Balaban J connectivity index is 2.72.